The molecule has 0 aliphatic carbocycles. The van der Waals surface area contributed by atoms with Crippen LogP contribution >= 0.6 is 23.1 Å². The molecule has 1 amide bonds. The summed E-state index contributed by atoms with van der Waals surface area (Å²) in [4.78, 5) is 30.6. The van der Waals surface area contributed by atoms with Gasteiger partial charge in [-0.25, -0.2) is 0 Å². The number of thioether (sulfide) groups is 1. The first-order valence-electron chi connectivity index (χ1n) is 14.7. The van der Waals surface area contributed by atoms with Gasteiger partial charge in [0.05, 0.1) is 11.6 Å². The molecule has 1 atom stereocenters. The van der Waals surface area contributed by atoms with Crippen molar-refractivity contribution in [2.75, 3.05) is 23.9 Å². The quantitative estimate of drug-likeness (QED) is 0.0550. The van der Waals surface area contributed by atoms with Gasteiger partial charge < -0.3 is 14.7 Å². The van der Waals surface area contributed by atoms with Crippen molar-refractivity contribution in [3.05, 3.63) is 137 Å². The number of rotatable bonds is 10. The topological polar surface area (TPSA) is 95.9 Å². The summed E-state index contributed by atoms with van der Waals surface area (Å²) in [6.07, 6.45) is 0. The summed E-state index contributed by atoms with van der Waals surface area (Å²) in [7, 11) is 3.87. The predicted octanol–water partition coefficient (Wildman–Crippen LogP) is 7.41. The fraction of sp³-hybridized carbons (Fsp3) is 0.167. The third-order valence-corrected chi connectivity index (χ3v) is 9.72. The van der Waals surface area contributed by atoms with E-state index in [4.69, 9.17) is 4.74 Å². The molecule has 1 unspecified atom stereocenters. The molecule has 1 aliphatic heterocycles. The second-order valence-electron chi connectivity index (χ2n) is 11.1. The second-order valence-corrected chi connectivity index (χ2v) is 13.3. The number of aliphatic hydroxyl groups is 1. The van der Waals surface area contributed by atoms with Crippen LogP contribution in [-0.4, -0.2) is 41.1 Å². The van der Waals surface area contributed by atoms with Crippen LogP contribution in [-0.2, 0) is 21.9 Å². The molecule has 232 valence electrons. The molecule has 0 radical (unpaired) electrons. The van der Waals surface area contributed by atoms with E-state index in [1.165, 1.54) is 28.0 Å². The summed E-state index contributed by atoms with van der Waals surface area (Å²) in [5, 5.41) is 20.5. The molecule has 10 heteroatoms. The Morgan fingerprint density at radius 1 is 0.913 bits per heavy atom. The van der Waals surface area contributed by atoms with E-state index in [9.17, 15) is 14.7 Å². The monoisotopic (exact) mass is 648 g/mol. The summed E-state index contributed by atoms with van der Waals surface area (Å²) < 4.78 is 6.61. The van der Waals surface area contributed by atoms with Gasteiger partial charge in [0.15, 0.2) is 4.34 Å². The zero-order chi connectivity index (χ0) is 32.2. The summed E-state index contributed by atoms with van der Waals surface area (Å²) in [5.74, 6) is -0.515. The van der Waals surface area contributed by atoms with Crippen molar-refractivity contribution >= 4 is 51.4 Å². The number of hydrogen-bond acceptors (Lipinski definition) is 9. The zero-order valence-corrected chi connectivity index (χ0v) is 27.2. The van der Waals surface area contributed by atoms with Crippen molar-refractivity contribution in [2.24, 2.45) is 0 Å². The molecule has 0 saturated carbocycles. The molecular weight excluding hydrogens is 617 g/mol. The number of aliphatic hydroxyl groups excluding tert-OH is 1. The van der Waals surface area contributed by atoms with Gasteiger partial charge in [-0.1, -0.05) is 95.4 Å². The smallest absolute Gasteiger partial charge is 0.301 e. The normalized spacial score (nSPS) is 15.7. The maximum Gasteiger partial charge on any atom is 0.301 e. The maximum atomic E-state index is 13.6. The highest BCUT2D eigenvalue weighted by Gasteiger charge is 2.48. The van der Waals surface area contributed by atoms with Crippen molar-refractivity contribution in [3.63, 3.8) is 0 Å². The summed E-state index contributed by atoms with van der Waals surface area (Å²) >= 11 is 2.75. The van der Waals surface area contributed by atoms with Crippen LogP contribution in [0.1, 0.15) is 33.9 Å². The number of carbonyl (C=O) groups is 2. The number of benzene rings is 4. The van der Waals surface area contributed by atoms with Crippen LogP contribution < -0.4 is 14.5 Å². The van der Waals surface area contributed by atoms with Gasteiger partial charge in [0.1, 0.15) is 18.1 Å². The first-order chi connectivity index (χ1) is 22.3. The molecule has 4 aromatic carbocycles. The number of anilines is 2. The lowest BCUT2D eigenvalue weighted by Crippen LogP contribution is -2.29. The van der Waals surface area contributed by atoms with E-state index in [1.54, 1.807) is 24.3 Å². The molecule has 1 aliphatic rings. The Labute approximate surface area is 276 Å². The number of aromatic nitrogens is 2. The standard InChI is InChI=1S/C36H32N4O4S2/c1-23-8-7-11-25(20-23)21-44-29-18-14-27(15-19-29)32(41)30-31(26-12-16-28(17-13-26)39(2)3)40(34(43)33(30)42)35-37-38-36(46-35)45-22-24-9-5-4-6-10-24/h4-20,31,41H,21-22H2,1-3H3. The number of amides is 1. The van der Waals surface area contributed by atoms with Gasteiger partial charge in [0.2, 0.25) is 5.13 Å². The molecule has 6 rings (SSSR count). The van der Waals surface area contributed by atoms with Gasteiger partial charge >= 0.3 is 5.91 Å². The second kappa shape index (κ2) is 13.6. The van der Waals surface area contributed by atoms with Gasteiger partial charge in [-0.15, -0.1) is 10.2 Å². The molecule has 1 fully saturated rings. The number of hydrogen-bond donors (Lipinski definition) is 1. The van der Waals surface area contributed by atoms with Crippen LogP contribution in [0.2, 0.25) is 0 Å². The number of Topliss-reactive ketones (excluding diaryl/α,β-unsaturated/α-hetero) is 1. The Morgan fingerprint density at radius 2 is 1.63 bits per heavy atom. The van der Waals surface area contributed by atoms with E-state index in [1.807, 2.05) is 98.7 Å². The van der Waals surface area contributed by atoms with Gasteiger partial charge in [-0.05, 0) is 60.0 Å². The Hall–Kier alpha value is -4.93. The van der Waals surface area contributed by atoms with Crippen molar-refractivity contribution in [3.8, 4) is 5.75 Å². The Balaban J connectivity index is 1.31. The third kappa shape index (κ3) is 6.68. The number of ether oxygens (including phenoxy) is 1. The van der Waals surface area contributed by atoms with E-state index in [0.29, 0.717) is 38.7 Å². The largest absolute Gasteiger partial charge is 0.507 e. The highest BCUT2D eigenvalue weighted by molar-refractivity contribution is 8.00. The SMILES string of the molecule is Cc1cccc(COc2ccc(C(O)=C3C(=O)C(=O)N(c4nnc(SCc5ccccc5)s4)C3c3ccc(N(C)C)cc3)cc2)c1. The Kier molecular flexibility index (Phi) is 9.18. The third-order valence-electron chi connectivity index (χ3n) is 7.59. The Bertz CT molecular complexity index is 1890. The van der Waals surface area contributed by atoms with Crippen LogP contribution in [0.15, 0.2) is 113 Å². The first kappa shape index (κ1) is 31.1. The van der Waals surface area contributed by atoms with Crippen molar-refractivity contribution < 1.29 is 19.4 Å². The van der Waals surface area contributed by atoms with Gasteiger partial charge in [0, 0.05) is 31.1 Å². The fourth-order valence-corrected chi connectivity index (χ4v) is 7.03. The average Bonchev–Trinajstić information content (AvgIpc) is 3.65. The van der Waals surface area contributed by atoms with E-state index in [-0.39, 0.29) is 11.3 Å². The van der Waals surface area contributed by atoms with Crippen LogP contribution in [0, 0.1) is 6.92 Å². The molecule has 1 aromatic heterocycles. The van der Waals surface area contributed by atoms with Gasteiger partial charge in [-0.2, -0.15) is 0 Å². The minimum Gasteiger partial charge on any atom is -0.507 e. The number of nitrogens with zero attached hydrogens (tertiary/aromatic N) is 4. The van der Waals surface area contributed by atoms with Crippen molar-refractivity contribution in [1.82, 2.24) is 10.2 Å². The minimum absolute atomic E-state index is 0.00952. The Morgan fingerprint density at radius 3 is 2.33 bits per heavy atom. The van der Waals surface area contributed by atoms with E-state index < -0.39 is 17.7 Å². The van der Waals surface area contributed by atoms with Gasteiger partial charge in [0.25, 0.3) is 5.78 Å². The molecule has 0 spiro atoms. The molecule has 8 nitrogen and oxygen atoms in total. The predicted molar refractivity (Wildman–Crippen MR) is 183 cm³/mol. The van der Waals surface area contributed by atoms with Crippen molar-refractivity contribution in [1.29, 1.82) is 0 Å². The van der Waals surface area contributed by atoms with Gasteiger partial charge in [-0.3, -0.25) is 14.5 Å². The zero-order valence-electron chi connectivity index (χ0n) is 25.6. The molecule has 5 aromatic rings. The summed E-state index contributed by atoms with van der Waals surface area (Å²) in [6.45, 7) is 2.43. The highest BCUT2D eigenvalue weighted by Crippen LogP contribution is 2.44. The lowest BCUT2D eigenvalue weighted by atomic mass is 9.95. The van der Waals surface area contributed by atoms with E-state index >= 15 is 0 Å². The number of aryl methyl sites for hydroxylation is 1. The summed E-state index contributed by atoms with van der Waals surface area (Å²) in [5.41, 5.74) is 5.34. The van der Waals surface area contributed by atoms with Crippen LogP contribution in [0.5, 0.6) is 5.75 Å². The number of carbonyl (C=O) groups excluding carboxylic acids is 2. The first-order valence-corrected chi connectivity index (χ1v) is 16.5. The number of ketones is 1. The minimum atomic E-state index is -0.895. The molecule has 46 heavy (non-hydrogen) atoms. The van der Waals surface area contributed by atoms with Crippen LogP contribution in [0.25, 0.3) is 5.76 Å². The average molecular weight is 649 g/mol. The molecular formula is C36H32N4O4S2. The molecule has 0 bridgehead atoms. The molecule has 1 saturated heterocycles. The van der Waals surface area contributed by atoms with E-state index in [0.717, 1.165) is 22.4 Å². The van der Waals surface area contributed by atoms with E-state index in [2.05, 4.69) is 16.3 Å². The maximum absolute atomic E-state index is 13.6. The fourth-order valence-electron chi connectivity index (χ4n) is 5.21. The lowest BCUT2D eigenvalue weighted by molar-refractivity contribution is -0.132. The van der Waals surface area contributed by atoms with Crippen LogP contribution in [0.4, 0.5) is 10.8 Å². The lowest BCUT2D eigenvalue weighted by Gasteiger charge is -2.23. The molecule has 1 N–H and O–H groups in total. The van der Waals surface area contributed by atoms with Crippen molar-refractivity contribution in [2.45, 2.75) is 29.7 Å². The summed E-state index contributed by atoms with van der Waals surface area (Å²) in [6, 6.07) is 31.6. The highest BCUT2D eigenvalue weighted by atomic mass is 32.2. The molecule has 2 heterocycles. The van der Waals surface area contributed by atoms with Crippen LogP contribution in [0.3, 0.4) is 0 Å².